The van der Waals surface area contributed by atoms with Gasteiger partial charge < -0.3 is 5.11 Å². The molecule has 2 rings (SSSR count). The molecule has 0 bridgehead atoms. The van der Waals surface area contributed by atoms with Gasteiger partial charge in [0, 0.05) is 6.04 Å². The molecule has 1 aliphatic rings. The van der Waals surface area contributed by atoms with Gasteiger partial charge in [0.25, 0.3) is 0 Å². The van der Waals surface area contributed by atoms with E-state index in [4.69, 9.17) is 0 Å². The van der Waals surface area contributed by atoms with Crippen molar-refractivity contribution in [3.8, 4) is 0 Å². The van der Waals surface area contributed by atoms with Crippen molar-refractivity contribution in [1.82, 2.24) is 4.90 Å². The summed E-state index contributed by atoms with van der Waals surface area (Å²) in [6, 6.07) is 8.41. The van der Waals surface area contributed by atoms with Crippen LogP contribution < -0.4 is 0 Å². The number of likely N-dealkylation sites (tertiary alicyclic amines) is 1. The topological polar surface area (TPSA) is 40.5 Å². The van der Waals surface area contributed by atoms with Crippen molar-refractivity contribution in [1.29, 1.82) is 0 Å². The Morgan fingerprint density at radius 1 is 1.29 bits per heavy atom. The average Bonchev–Trinajstić information content (AvgIpc) is 2.79. The molecule has 0 spiro atoms. The summed E-state index contributed by atoms with van der Waals surface area (Å²) in [4.78, 5) is 13.6. The highest BCUT2D eigenvalue weighted by Crippen LogP contribution is 2.33. The van der Waals surface area contributed by atoms with E-state index in [2.05, 4.69) is 56.9 Å². The van der Waals surface area contributed by atoms with Gasteiger partial charge >= 0.3 is 5.97 Å². The zero-order valence-corrected chi connectivity index (χ0v) is 13.8. The van der Waals surface area contributed by atoms with Crippen LogP contribution >= 0.6 is 0 Å². The second-order valence-corrected chi connectivity index (χ2v) is 7.33. The first-order valence-electron chi connectivity index (χ1n) is 7.81. The standard InChI is InChI=1S/C18H27NO2/c1-12-10-11-19(16(12)17(20)21)13(2)14-6-8-15(9-7-14)18(3,4)5/h6-9,12-13,16H,10-11H2,1-5H3,(H,20,21). The van der Waals surface area contributed by atoms with Gasteiger partial charge in [-0.3, -0.25) is 9.69 Å². The smallest absolute Gasteiger partial charge is 0.321 e. The van der Waals surface area contributed by atoms with E-state index in [1.165, 1.54) is 11.1 Å². The highest BCUT2D eigenvalue weighted by molar-refractivity contribution is 5.74. The van der Waals surface area contributed by atoms with Crippen LogP contribution in [0.25, 0.3) is 0 Å². The van der Waals surface area contributed by atoms with Gasteiger partial charge in [-0.1, -0.05) is 52.0 Å². The molecule has 3 heteroatoms. The number of carboxylic acids is 1. The summed E-state index contributed by atoms with van der Waals surface area (Å²) in [5.74, 6) is -0.475. The zero-order valence-electron chi connectivity index (χ0n) is 13.8. The Morgan fingerprint density at radius 2 is 1.86 bits per heavy atom. The van der Waals surface area contributed by atoms with Gasteiger partial charge in [-0.2, -0.15) is 0 Å². The van der Waals surface area contributed by atoms with Crippen LogP contribution in [-0.2, 0) is 10.2 Å². The fourth-order valence-electron chi connectivity index (χ4n) is 3.25. The lowest BCUT2D eigenvalue weighted by molar-refractivity contribution is -0.144. The number of benzene rings is 1. The monoisotopic (exact) mass is 289 g/mol. The summed E-state index contributed by atoms with van der Waals surface area (Å²) >= 11 is 0. The minimum Gasteiger partial charge on any atom is -0.480 e. The molecule has 0 aliphatic carbocycles. The molecule has 0 aromatic heterocycles. The summed E-state index contributed by atoms with van der Waals surface area (Å²) in [5.41, 5.74) is 2.65. The first kappa shape index (κ1) is 16.0. The lowest BCUT2D eigenvalue weighted by atomic mass is 9.86. The van der Waals surface area contributed by atoms with E-state index in [0.29, 0.717) is 0 Å². The molecule has 1 saturated heterocycles. The average molecular weight is 289 g/mol. The van der Waals surface area contributed by atoms with E-state index >= 15 is 0 Å². The summed E-state index contributed by atoms with van der Waals surface area (Å²) in [7, 11) is 0. The maximum Gasteiger partial charge on any atom is 0.321 e. The second kappa shape index (κ2) is 5.80. The van der Waals surface area contributed by atoms with Gasteiger partial charge in [-0.25, -0.2) is 0 Å². The van der Waals surface area contributed by atoms with E-state index in [-0.39, 0.29) is 23.4 Å². The molecule has 0 amide bonds. The van der Waals surface area contributed by atoms with Crippen LogP contribution in [0.2, 0.25) is 0 Å². The van der Waals surface area contributed by atoms with E-state index < -0.39 is 5.97 Å². The number of carbonyl (C=O) groups is 1. The second-order valence-electron chi connectivity index (χ2n) is 7.33. The number of rotatable bonds is 3. The Bertz CT molecular complexity index is 501. The van der Waals surface area contributed by atoms with Crippen molar-refractivity contribution < 1.29 is 9.90 Å². The largest absolute Gasteiger partial charge is 0.480 e. The van der Waals surface area contributed by atoms with Gasteiger partial charge in [-0.15, -0.1) is 0 Å². The normalized spacial score (nSPS) is 25.0. The fourth-order valence-corrected chi connectivity index (χ4v) is 3.25. The fraction of sp³-hybridized carbons (Fsp3) is 0.611. The van der Waals surface area contributed by atoms with Crippen molar-refractivity contribution >= 4 is 5.97 Å². The van der Waals surface area contributed by atoms with Crippen molar-refractivity contribution in [2.45, 2.75) is 58.5 Å². The predicted molar refractivity (Wildman–Crippen MR) is 85.5 cm³/mol. The van der Waals surface area contributed by atoms with Gasteiger partial charge in [0.15, 0.2) is 0 Å². The molecule has 3 unspecified atom stereocenters. The van der Waals surface area contributed by atoms with Crippen LogP contribution in [0.3, 0.4) is 0 Å². The Morgan fingerprint density at radius 3 is 2.33 bits per heavy atom. The van der Waals surface area contributed by atoms with Crippen molar-refractivity contribution in [2.75, 3.05) is 6.54 Å². The SMILES string of the molecule is CC1CCN(C(C)c2ccc(C(C)(C)C)cc2)C1C(=O)O. The molecular formula is C18H27NO2. The molecule has 21 heavy (non-hydrogen) atoms. The van der Waals surface area contributed by atoms with Crippen LogP contribution in [0.1, 0.15) is 58.2 Å². The zero-order chi connectivity index (χ0) is 15.8. The van der Waals surface area contributed by atoms with Crippen molar-refractivity contribution in [3.05, 3.63) is 35.4 Å². The molecule has 3 nitrogen and oxygen atoms in total. The Labute approximate surface area is 128 Å². The molecular weight excluding hydrogens is 262 g/mol. The number of carboxylic acid groups (broad SMARTS) is 1. The van der Waals surface area contributed by atoms with E-state index in [9.17, 15) is 9.90 Å². The van der Waals surface area contributed by atoms with Gasteiger partial charge in [0.05, 0.1) is 0 Å². The highest BCUT2D eigenvalue weighted by atomic mass is 16.4. The molecule has 1 heterocycles. The summed E-state index contributed by atoms with van der Waals surface area (Å²) in [6.07, 6.45) is 0.960. The number of hydrogen-bond acceptors (Lipinski definition) is 2. The predicted octanol–water partition coefficient (Wildman–Crippen LogP) is 3.84. The number of hydrogen-bond donors (Lipinski definition) is 1. The molecule has 3 atom stereocenters. The molecule has 1 aromatic carbocycles. The maximum absolute atomic E-state index is 11.5. The van der Waals surface area contributed by atoms with Crippen molar-refractivity contribution in [3.63, 3.8) is 0 Å². The van der Waals surface area contributed by atoms with Gasteiger partial charge in [0.2, 0.25) is 0 Å². The molecule has 0 radical (unpaired) electrons. The first-order chi connectivity index (χ1) is 9.71. The lowest BCUT2D eigenvalue weighted by Gasteiger charge is -2.30. The minimum absolute atomic E-state index is 0.144. The summed E-state index contributed by atoms with van der Waals surface area (Å²) in [5, 5.41) is 9.46. The van der Waals surface area contributed by atoms with E-state index in [1.807, 2.05) is 6.92 Å². The third kappa shape index (κ3) is 3.29. The molecule has 1 fully saturated rings. The molecule has 0 saturated carbocycles. The highest BCUT2D eigenvalue weighted by Gasteiger charge is 2.39. The maximum atomic E-state index is 11.5. The van der Waals surface area contributed by atoms with Crippen LogP contribution in [0.5, 0.6) is 0 Å². The molecule has 1 N–H and O–H groups in total. The number of nitrogens with zero attached hydrogens (tertiary/aromatic N) is 1. The first-order valence-corrected chi connectivity index (χ1v) is 7.81. The van der Waals surface area contributed by atoms with Crippen LogP contribution in [0.15, 0.2) is 24.3 Å². The third-order valence-corrected chi connectivity index (χ3v) is 4.75. The molecule has 1 aromatic rings. The minimum atomic E-state index is -0.696. The quantitative estimate of drug-likeness (QED) is 0.919. The van der Waals surface area contributed by atoms with Crippen LogP contribution in [0.4, 0.5) is 0 Å². The van der Waals surface area contributed by atoms with E-state index in [1.54, 1.807) is 0 Å². The lowest BCUT2D eigenvalue weighted by Crippen LogP contribution is -2.40. The Balaban J connectivity index is 2.20. The summed E-state index contributed by atoms with van der Waals surface area (Å²) in [6.45, 7) is 11.6. The molecule has 116 valence electrons. The van der Waals surface area contributed by atoms with Gasteiger partial charge in [0.1, 0.15) is 6.04 Å². The van der Waals surface area contributed by atoms with Crippen LogP contribution in [-0.4, -0.2) is 28.6 Å². The van der Waals surface area contributed by atoms with Crippen molar-refractivity contribution in [2.24, 2.45) is 5.92 Å². The Hall–Kier alpha value is -1.35. The number of aliphatic carboxylic acids is 1. The molecule has 1 aliphatic heterocycles. The van der Waals surface area contributed by atoms with Crippen LogP contribution in [0, 0.1) is 5.92 Å². The third-order valence-electron chi connectivity index (χ3n) is 4.75. The van der Waals surface area contributed by atoms with Gasteiger partial charge in [-0.05, 0) is 42.3 Å². The van der Waals surface area contributed by atoms with E-state index in [0.717, 1.165) is 13.0 Å². The Kier molecular flexibility index (Phi) is 4.43. The summed E-state index contributed by atoms with van der Waals surface area (Å²) < 4.78 is 0.